The van der Waals surface area contributed by atoms with E-state index in [1.807, 2.05) is 6.07 Å². The van der Waals surface area contributed by atoms with Crippen LogP contribution in [0, 0.1) is 5.92 Å². The third-order valence-electron chi connectivity index (χ3n) is 5.22. The van der Waals surface area contributed by atoms with Gasteiger partial charge < -0.3 is 15.4 Å². The molecule has 0 unspecified atom stereocenters. The van der Waals surface area contributed by atoms with Gasteiger partial charge >= 0.3 is 0 Å². The van der Waals surface area contributed by atoms with Gasteiger partial charge in [-0.3, -0.25) is 4.79 Å². The van der Waals surface area contributed by atoms with Gasteiger partial charge in [-0.2, -0.15) is 0 Å². The number of aromatic nitrogens is 1. The summed E-state index contributed by atoms with van der Waals surface area (Å²) in [6.07, 6.45) is 1.76. The molecule has 1 fully saturated rings. The van der Waals surface area contributed by atoms with E-state index in [2.05, 4.69) is 24.1 Å². The lowest BCUT2D eigenvalue weighted by Crippen LogP contribution is -2.47. The molecule has 3 rings (SSSR count). The van der Waals surface area contributed by atoms with Crippen LogP contribution in [0.1, 0.15) is 55.5 Å². The molecule has 1 aliphatic rings. The minimum absolute atomic E-state index is 0.0382. The molecule has 1 aliphatic carbocycles. The second-order valence-electron chi connectivity index (χ2n) is 8.02. The summed E-state index contributed by atoms with van der Waals surface area (Å²) >= 11 is 6.44. The first kappa shape index (κ1) is 20.1. The second-order valence-corrected chi connectivity index (χ2v) is 8.40. The first-order chi connectivity index (χ1) is 12.6. The van der Waals surface area contributed by atoms with E-state index in [1.165, 1.54) is 0 Å². The molecule has 0 bridgehead atoms. The van der Waals surface area contributed by atoms with Gasteiger partial charge in [-0.25, -0.2) is 8.78 Å². The molecule has 0 aliphatic heterocycles. The molecule has 4 nitrogen and oxygen atoms in total. The first-order valence-electron chi connectivity index (χ1n) is 9.27. The average Bonchev–Trinajstić information content (AvgIpc) is 3.09. The van der Waals surface area contributed by atoms with Crippen LogP contribution < -0.4 is 5.32 Å². The Balaban J connectivity index is 1.78. The zero-order valence-electron chi connectivity index (χ0n) is 15.5. The quantitative estimate of drug-likeness (QED) is 0.684. The molecule has 1 aromatic heterocycles. The van der Waals surface area contributed by atoms with E-state index >= 15 is 0 Å². The fraction of sp³-hybridized carbons (Fsp3) is 0.550. The number of nitrogens with one attached hydrogen (secondary N) is 2. The van der Waals surface area contributed by atoms with Gasteiger partial charge in [0, 0.05) is 31.0 Å². The maximum absolute atomic E-state index is 13.3. The van der Waals surface area contributed by atoms with Gasteiger partial charge in [0.05, 0.1) is 21.7 Å². The smallest absolute Gasteiger partial charge is 0.252 e. The number of aliphatic hydroxyl groups is 1. The van der Waals surface area contributed by atoms with E-state index in [1.54, 1.807) is 12.3 Å². The van der Waals surface area contributed by atoms with Gasteiger partial charge in [-0.05, 0) is 42.9 Å². The van der Waals surface area contributed by atoms with Gasteiger partial charge in [0.15, 0.2) is 0 Å². The second kappa shape index (κ2) is 7.40. The molecular weight excluding hydrogens is 374 g/mol. The number of hydrogen-bond acceptors (Lipinski definition) is 2. The van der Waals surface area contributed by atoms with Crippen molar-refractivity contribution in [3.05, 3.63) is 34.5 Å². The van der Waals surface area contributed by atoms with Crippen LogP contribution in [0.3, 0.4) is 0 Å². The molecule has 2 aromatic rings. The molecule has 0 spiro atoms. The summed E-state index contributed by atoms with van der Waals surface area (Å²) in [6, 6.07) is 3.60. The van der Waals surface area contributed by atoms with Crippen LogP contribution in [0.2, 0.25) is 5.02 Å². The highest BCUT2D eigenvalue weighted by molar-refractivity contribution is 6.38. The van der Waals surface area contributed by atoms with E-state index in [0.717, 1.165) is 22.9 Å². The lowest BCUT2D eigenvalue weighted by molar-refractivity contribution is -0.101. The van der Waals surface area contributed by atoms with Crippen molar-refractivity contribution < 1.29 is 18.7 Å². The zero-order chi connectivity index (χ0) is 19.8. The van der Waals surface area contributed by atoms with Crippen LogP contribution in [0.4, 0.5) is 8.78 Å². The summed E-state index contributed by atoms with van der Waals surface area (Å²) in [7, 11) is 0. The van der Waals surface area contributed by atoms with Crippen LogP contribution in [-0.2, 0) is 6.42 Å². The molecule has 0 atom stereocenters. The van der Waals surface area contributed by atoms with Crippen LogP contribution in [0.5, 0.6) is 0 Å². The van der Waals surface area contributed by atoms with Crippen molar-refractivity contribution in [2.24, 2.45) is 5.92 Å². The van der Waals surface area contributed by atoms with E-state index in [9.17, 15) is 18.7 Å². The Hall–Kier alpha value is -1.66. The molecule has 7 heteroatoms. The summed E-state index contributed by atoms with van der Waals surface area (Å²) < 4.78 is 26.6. The van der Waals surface area contributed by atoms with Gasteiger partial charge in [-0.1, -0.05) is 25.4 Å². The SMILES string of the molecule is CC(C)Cc1cc(C(=O)NCC2(O)CCC(F)(F)CC2)c(Cl)c2cc[nH]c12. The normalized spacial score (nSPS) is 18.8. The number of alkyl halides is 2. The number of H-pyrrole nitrogens is 1. The van der Waals surface area contributed by atoms with Crippen molar-refractivity contribution in [3.63, 3.8) is 0 Å². The minimum Gasteiger partial charge on any atom is -0.388 e. The average molecular weight is 399 g/mol. The van der Waals surface area contributed by atoms with Crippen LogP contribution in [0.15, 0.2) is 18.3 Å². The molecular formula is C20H25ClF2N2O2. The van der Waals surface area contributed by atoms with E-state index in [-0.39, 0.29) is 32.2 Å². The minimum atomic E-state index is -2.73. The molecule has 1 amide bonds. The zero-order valence-corrected chi connectivity index (χ0v) is 16.3. The van der Waals surface area contributed by atoms with Gasteiger partial charge in [-0.15, -0.1) is 0 Å². The summed E-state index contributed by atoms with van der Waals surface area (Å²) in [5, 5.41) is 14.3. The topological polar surface area (TPSA) is 65.1 Å². The van der Waals surface area contributed by atoms with Crippen LogP contribution >= 0.6 is 11.6 Å². The summed E-state index contributed by atoms with van der Waals surface area (Å²) in [5.74, 6) is -2.73. The molecule has 1 heterocycles. The number of rotatable bonds is 5. The predicted octanol–water partition coefficient (Wildman–Crippen LogP) is 4.69. The molecule has 0 radical (unpaired) electrons. The Morgan fingerprint density at radius 2 is 2.00 bits per heavy atom. The number of halogens is 3. The number of carbonyl (C=O) groups is 1. The Morgan fingerprint density at radius 1 is 1.33 bits per heavy atom. The Kier molecular flexibility index (Phi) is 5.50. The lowest BCUT2D eigenvalue weighted by Gasteiger charge is -2.35. The summed E-state index contributed by atoms with van der Waals surface area (Å²) in [6.45, 7) is 4.12. The van der Waals surface area contributed by atoms with Crippen molar-refractivity contribution in [3.8, 4) is 0 Å². The Morgan fingerprint density at radius 3 is 2.63 bits per heavy atom. The monoisotopic (exact) mass is 398 g/mol. The molecule has 148 valence electrons. The molecule has 27 heavy (non-hydrogen) atoms. The van der Waals surface area contributed by atoms with Crippen molar-refractivity contribution in [2.45, 2.75) is 57.5 Å². The van der Waals surface area contributed by atoms with Crippen LogP contribution in [-0.4, -0.2) is 34.1 Å². The number of hydrogen-bond donors (Lipinski definition) is 3. The number of benzene rings is 1. The largest absolute Gasteiger partial charge is 0.388 e. The van der Waals surface area contributed by atoms with Gasteiger partial charge in [0.1, 0.15) is 0 Å². The van der Waals surface area contributed by atoms with E-state index in [4.69, 9.17) is 11.6 Å². The highest BCUT2D eigenvalue weighted by atomic mass is 35.5. The molecule has 1 saturated carbocycles. The molecule has 0 saturated heterocycles. The number of carbonyl (C=O) groups excluding carboxylic acids is 1. The maximum atomic E-state index is 13.3. The summed E-state index contributed by atoms with van der Waals surface area (Å²) in [4.78, 5) is 15.9. The lowest BCUT2D eigenvalue weighted by atomic mass is 9.82. The van der Waals surface area contributed by atoms with Crippen LogP contribution in [0.25, 0.3) is 10.9 Å². The van der Waals surface area contributed by atoms with Gasteiger partial charge in [0.25, 0.3) is 5.91 Å². The van der Waals surface area contributed by atoms with Gasteiger partial charge in [0.2, 0.25) is 5.92 Å². The first-order valence-corrected chi connectivity index (χ1v) is 9.65. The highest BCUT2D eigenvalue weighted by Crippen LogP contribution is 2.38. The van der Waals surface area contributed by atoms with E-state index in [0.29, 0.717) is 16.5 Å². The fourth-order valence-electron chi connectivity index (χ4n) is 3.64. The number of aromatic amines is 1. The highest BCUT2D eigenvalue weighted by Gasteiger charge is 2.42. The van der Waals surface area contributed by atoms with Crippen molar-refractivity contribution >= 4 is 28.4 Å². The molecule has 3 N–H and O–H groups in total. The Bertz CT molecular complexity index is 838. The van der Waals surface area contributed by atoms with Crippen molar-refractivity contribution in [1.82, 2.24) is 10.3 Å². The maximum Gasteiger partial charge on any atom is 0.252 e. The van der Waals surface area contributed by atoms with E-state index < -0.39 is 17.4 Å². The third-order valence-corrected chi connectivity index (χ3v) is 5.63. The summed E-state index contributed by atoms with van der Waals surface area (Å²) in [5.41, 5.74) is 0.945. The predicted molar refractivity (Wildman–Crippen MR) is 103 cm³/mol. The number of amides is 1. The van der Waals surface area contributed by atoms with Crippen molar-refractivity contribution in [2.75, 3.05) is 6.54 Å². The molecule has 1 aromatic carbocycles. The standard InChI is InChI=1S/C20H25ClF2N2O2/c1-12(2)9-13-10-15(16(21)14-3-8-24-17(13)14)18(26)25-11-19(27)4-6-20(22,23)7-5-19/h3,8,10,12,24,27H,4-7,9,11H2,1-2H3,(H,25,26). The third kappa shape index (κ3) is 4.43. The van der Waals surface area contributed by atoms with Crippen molar-refractivity contribution in [1.29, 1.82) is 0 Å². The number of fused-ring (bicyclic) bond motifs is 1. The Labute approximate surface area is 162 Å². The fourth-order valence-corrected chi connectivity index (χ4v) is 3.93.